The fourth-order valence-electron chi connectivity index (χ4n) is 3.92. The number of fused-ring (bicyclic) bond motifs is 1. The van der Waals surface area contributed by atoms with E-state index in [-0.39, 0.29) is 4.90 Å². The van der Waals surface area contributed by atoms with Gasteiger partial charge in [-0.3, -0.25) is 0 Å². The Labute approximate surface area is 185 Å². The Bertz CT molecular complexity index is 1410. The van der Waals surface area contributed by atoms with Crippen molar-refractivity contribution in [3.05, 3.63) is 58.7 Å². The Hall–Kier alpha value is -2.56. The predicted octanol–water partition coefficient (Wildman–Crippen LogP) is 4.40. The smallest absolute Gasteiger partial charge is 0.185 e. The van der Waals surface area contributed by atoms with Crippen LogP contribution in [0.5, 0.6) is 0 Å². The van der Waals surface area contributed by atoms with Crippen LogP contribution in [0, 0.1) is 11.6 Å². The molecule has 0 radical (unpaired) electrons. The monoisotopic (exact) mass is 506 g/mol. The van der Waals surface area contributed by atoms with Gasteiger partial charge in [-0.25, -0.2) is 22.2 Å². The number of aromatic amines is 2. The van der Waals surface area contributed by atoms with Crippen LogP contribution < -0.4 is 5.32 Å². The summed E-state index contributed by atoms with van der Waals surface area (Å²) in [5.41, 5.74) is 1.85. The summed E-state index contributed by atoms with van der Waals surface area (Å²) in [5, 5.41) is 3.14. The van der Waals surface area contributed by atoms with Crippen LogP contribution in [-0.2, 0) is 9.84 Å². The molecule has 10 heteroatoms. The number of nitrogens with zero attached hydrogens (tertiary/aromatic N) is 1. The molecule has 0 saturated carbocycles. The summed E-state index contributed by atoms with van der Waals surface area (Å²) in [7, 11) is -3.67. The van der Waals surface area contributed by atoms with Crippen LogP contribution in [0.15, 0.2) is 52.0 Å². The molecule has 5 rings (SSSR count). The molecular formula is C21H17BrF2N4O2S. The minimum Gasteiger partial charge on any atom is -0.351 e. The average molecular weight is 507 g/mol. The molecule has 0 spiro atoms. The van der Waals surface area contributed by atoms with Crippen LogP contribution in [-0.4, -0.2) is 41.7 Å². The van der Waals surface area contributed by atoms with Crippen molar-refractivity contribution in [3.63, 3.8) is 0 Å². The van der Waals surface area contributed by atoms with E-state index in [9.17, 15) is 17.2 Å². The van der Waals surface area contributed by atoms with Crippen LogP contribution >= 0.6 is 15.9 Å². The second-order valence-corrected chi connectivity index (χ2v) is 10.5. The van der Waals surface area contributed by atoms with Crippen molar-refractivity contribution in [2.75, 3.05) is 13.1 Å². The van der Waals surface area contributed by atoms with Crippen LogP contribution in [0.25, 0.3) is 33.7 Å². The number of nitrogens with one attached hydrogen (secondary N) is 3. The summed E-state index contributed by atoms with van der Waals surface area (Å²) in [6, 6.07) is 8.92. The maximum Gasteiger partial charge on any atom is 0.185 e. The summed E-state index contributed by atoms with van der Waals surface area (Å²) < 4.78 is 54.8. The lowest BCUT2D eigenvalue weighted by atomic mass is 10.1. The highest BCUT2D eigenvalue weighted by molar-refractivity contribution is 9.10. The van der Waals surface area contributed by atoms with Crippen molar-refractivity contribution in [2.45, 2.75) is 16.6 Å². The molecule has 0 bridgehead atoms. The highest BCUT2D eigenvalue weighted by atomic mass is 79.9. The van der Waals surface area contributed by atoms with Gasteiger partial charge in [0, 0.05) is 27.5 Å². The summed E-state index contributed by atoms with van der Waals surface area (Å²) in [5.74, 6) is -1.61. The fraction of sp³-hybridized carbons (Fsp3) is 0.190. The molecule has 3 heterocycles. The third kappa shape index (κ3) is 3.48. The van der Waals surface area contributed by atoms with Gasteiger partial charge < -0.3 is 15.3 Å². The molecule has 1 aliphatic heterocycles. The molecule has 0 amide bonds. The molecule has 3 N–H and O–H groups in total. The molecule has 2 aromatic heterocycles. The number of hydrogen-bond acceptors (Lipinski definition) is 4. The average Bonchev–Trinajstić information content (AvgIpc) is 3.49. The number of hydrogen-bond donors (Lipinski definition) is 3. The molecule has 0 aliphatic carbocycles. The van der Waals surface area contributed by atoms with Crippen molar-refractivity contribution in [1.29, 1.82) is 0 Å². The SMILES string of the molecule is O=S(=O)(c1c(-c2ncc(-c3ccc(F)c(F)c3)[nH]2)[nH]c2ccc(Br)cc12)C1CCNC1. The summed E-state index contributed by atoms with van der Waals surface area (Å²) in [6.07, 6.45) is 2.00. The van der Waals surface area contributed by atoms with Gasteiger partial charge in [-0.1, -0.05) is 15.9 Å². The predicted molar refractivity (Wildman–Crippen MR) is 117 cm³/mol. The first-order valence-electron chi connectivity index (χ1n) is 9.61. The molecule has 1 fully saturated rings. The number of imidazole rings is 1. The van der Waals surface area contributed by atoms with E-state index in [1.807, 2.05) is 6.07 Å². The van der Waals surface area contributed by atoms with Crippen molar-refractivity contribution >= 4 is 36.7 Å². The first-order valence-corrected chi connectivity index (χ1v) is 11.9. The Morgan fingerprint density at radius 2 is 1.90 bits per heavy atom. The highest BCUT2D eigenvalue weighted by Crippen LogP contribution is 2.37. The van der Waals surface area contributed by atoms with Gasteiger partial charge in [-0.05, 0) is 49.4 Å². The van der Waals surface area contributed by atoms with Crippen molar-refractivity contribution in [2.24, 2.45) is 0 Å². The van der Waals surface area contributed by atoms with Gasteiger partial charge in [0.1, 0.15) is 10.6 Å². The van der Waals surface area contributed by atoms with Crippen LogP contribution in [0.4, 0.5) is 8.78 Å². The zero-order valence-corrected chi connectivity index (χ0v) is 18.4. The van der Waals surface area contributed by atoms with Gasteiger partial charge in [-0.2, -0.15) is 0 Å². The molecule has 1 atom stereocenters. The number of H-pyrrole nitrogens is 2. The molecule has 1 aliphatic rings. The van der Waals surface area contributed by atoms with E-state index in [0.717, 1.165) is 16.6 Å². The van der Waals surface area contributed by atoms with Gasteiger partial charge in [0.2, 0.25) is 0 Å². The zero-order chi connectivity index (χ0) is 21.8. The van der Waals surface area contributed by atoms with Gasteiger partial charge in [0.15, 0.2) is 27.3 Å². The molecule has 160 valence electrons. The van der Waals surface area contributed by atoms with Crippen LogP contribution in [0.2, 0.25) is 0 Å². The number of halogens is 3. The lowest BCUT2D eigenvalue weighted by molar-refractivity contribution is 0.509. The number of rotatable bonds is 4. The molecule has 2 aromatic carbocycles. The number of benzene rings is 2. The quantitative estimate of drug-likeness (QED) is 0.382. The second-order valence-electron chi connectivity index (χ2n) is 7.45. The molecule has 1 unspecified atom stereocenters. The third-order valence-corrected chi connectivity index (χ3v) is 8.26. The first-order chi connectivity index (χ1) is 14.8. The van der Waals surface area contributed by atoms with Crippen LogP contribution in [0.1, 0.15) is 6.42 Å². The van der Waals surface area contributed by atoms with Gasteiger partial charge in [-0.15, -0.1) is 0 Å². The lowest BCUT2D eigenvalue weighted by Gasteiger charge is -2.11. The minimum atomic E-state index is -3.67. The van der Waals surface area contributed by atoms with E-state index in [1.54, 1.807) is 12.1 Å². The third-order valence-electron chi connectivity index (χ3n) is 5.49. The van der Waals surface area contributed by atoms with Gasteiger partial charge in [0.25, 0.3) is 0 Å². The maximum atomic E-state index is 13.7. The molecule has 31 heavy (non-hydrogen) atoms. The fourth-order valence-corrected chi connectivity index (χ4v) is 6.29. The van der Waals surface area contributed by atoms with E-state index in [2.05, 4.69) is 36.2 Å². The zero-order valence-electron chi connectivity index (χ0n) is 16.0. The van der Waals surface area contributed by atoms with E-state index < -0.39 is 26.7 Å². The standard InChI is InChI=1S/C21H17BrF2N4O2S/c22-12-2-4-17-14(8-12)20(31(29,30)13-5-6-25-9-13)19(27-17)21-26-10-18(28-21)11-1-3-15(23)16(24)7-11/h1-4,7-8,10,13,25,27H,5-6,9H2,(H,26,28). The van der Waals surface area contributed by atoms with Crippen molar-refractivity contribution in [3.8, 4) is 22.8 Å². The lowest BCUT2D eigenvalue weighted by Crippen LogP contribution is -2.24. The minimum absolute atomic E-state index is 0.184. The Balaban J connectivity index is 1.69. The molecule has 4 aromatic rings. The first kappa shape index (κ1) is 20.3. The number of sulfone groups is 1. The number of aromatic nitrogens is 3. The second kappa shape index (κ2) is 7.54. The Morgan fingerprint density at radius 3 is 2.65 bits per heavy atom. The molecule has 6 nitrogen and oxygen atoms in total. The van der Waals surface area contributed by atoms with Crippen molar-refractivity contribution in [1.82, 2.24) is 20.3 Å². The summed E-state index contributed by atoms with van der Waals surface area (Å²) >= 11 is 3.42. The Morgan fingerprint density at radius 1 is 1.06 bits per heavy atom. The topological polar surface area (TPSA) is 90.6 Å². The van der Waals surface area contributed by atoms with E-state index in [1.165, 1.54) is 12.3 Å². The molecular weight excluding hydrogens is 490 g/mol. The maximum absolute atomic E-state index is 13.7. The normalized spacial score (nSPS) is 16.9. The largest absolute Gasteiger partial charge is 0.351 e. The van der Waals surface area contributed by atoms with Crippen LogP contribution in [0.3, 0.4) is 0 Å². The highest BCUT2D eigenvalue weighted by Gasteiger charge is 2.35. The van der Waals surface area contributed by atoms with E-state index in [4.69, 9.17) is 0 Å². The molecule has 1 saturated heterocycles. The van der Waals surface area contributed by atoms with Gasteiger partial charge in [0.05, 0.1) is 17.1 Å². The van der Waals surface area contributed by atoms with E-state index >= 15 is 0 Å². The summed E-state index contributed by atoms with van der Waals surface area (Å²) in [6.45, 7) is 1.03. The van der Waals surface area contributed by atoms with E-state index in [0.29, 0.717) is 53.2 Å². The van der Waals surface area contributed by atoms with Gasteiger partial charge >= 0.3 is 0 Å². The summed E-state index contributed by atoms with van der Waals surface area (Å²) in [4.78, 5) is 10.7. The Kier molecular flexibility index (Phi) is 4.95. The van der Waals surface area contributed by atoms with Crippen molar-refractivity contribution < 1.29 is 17.2 Å².